The van der Waals surface area contributed by atoms with Crippen molar-refractivity contribution in [1.29, 1.82) is 0 Å². The minimum Gasteiger partial charge on any atom is -0.459 e. The Labute approximate surface area is 141 Å². The molecule has 0 bridgehead atoms. The van der Waals surface area contributed by atoms with Crippen LogP contribution >= 0.6 is 12.2 Å². The van der Waals surface area contributed by atoms with E-state index in [9.17, 15) is 0 Å². The second kappa shape index (κ2) is 6.84. The number of benzene rings is 2. The summed E-state index contributed by atoms with van der Waals surface area (Å²) in [6, 6.07) is 18.3. The van der Waals surface area contributed by atoms with Crippen LogP contribution in [0.2, 0.25) is 0 Å². The normalized spacial score (nSPS) is 12.1. The van der Waals surface area contributed by atoms with Crippen LogP contribution in [-0.2, 0) is 6.42 Å². The highest BCUT2D eigenvalue weighted by molar-refractivity contribution is 7.80. The van der Waals surface area contributed by atoms with Gasteiger partial charge >= 0.3 is 0 Å². The van der Waals surface area contributed by atoms with Crippen LogP contribution in [-0.4, -0.2) is 5.11 Å². The van der Waals surface area contributed by atoms with E-state index in [1.807, 2.05) is 49.4 Å². The molecule has 0 aliphatic heterocycles. The Morgan fingerprint density at radius 2 is 1.87 bits per heavy atom. The molecule has 3 aromatic rings. The maximum absolute atomic E-state index is 5.86. The lowest BCUT2D eigenvalue weighted by Gasteiger charge is -2.15. The number of nitrogens with one attached hydrogen (secondary N) is 2. The molecule has 23 heavy (non-hydrogen) atoms. The van der Waals surface area contributed by atoms with E-state index < -0.39 is 0 Å². The van der Waals surface area contributed by atoms with Gasteiger partial charge in [-0.2, -0.15) is 0 Å². The van der Waals surface area contributed by atoms with Crippen molar-refractivity contribution >= 4 is 34.0 Å². The van der Waals surface area contributed by atoms with Crippen molar-refractivity contribution in [2.45, 2.75) is 26.3 Å². The van der Waals surface area contributed by atoms with E-state index in [1.165, 1.54) is 5.56 Å². The molecule has 1 aromatic heterocycles. The number of anilines is 1. The molecular formula is C19H20N2OS. The molecule has 0 amide bonds. The zero-order valence-electron chi connectivity index (χ0n) is 13.3. The van der Waals surface area contributed by atoms with Crippen molar-refractivity contribution in [2.24, 2.45) is 0 Å². The highest BCUT2D eigenvalue weighted by Gasteiger charge is 2.12. The van der Waals surface area contributed by atoms with Gasteiger partial charge < -0.3 is 15.1 Å². The Morgan fingerprint density at radius 1 is 1.13 bits per heavy atom. The molecule has 0 aliphatic carbocycles. The summed E-state index contributed by atoms with van der Waals surface area (Å²) in [5.74, 6) is 0.872. The molecule has 3 rings (SSSR count). The molecule has 0 saturated carbocycles. The third-order valence-corrected chi connectivity index (χ3v) is 4.06. The van der Waals surface area contributed by atoms with Crippen LogP contribution in [0, 0.1) is 0 Å². The van der Waals surface area contributed by atoms with Gasteiger partial charge in [-0.15, -0.1) is 0 Å². The van der Waals surface area contributed by atoms with Crippen LogP contribution in [0.5, 0.6) is 0 Å². The monoisotopic (exact) mass is 324 g/mol. The maximum atomic E-state index is 5.86. The summed E-state index contributed by atoms with van der Waals surface area (Å²) < 4.78 is 5.86. The summed E-state index contributed by atoms with van der Waals surface area (Å²) in [6.07, 6.45) is 1.03. The highest BCUT2D eigenvalue weighted by Crippen LogP contribution is 2.23. The molecule has 1 heterocycles. The summed E-state index contributed by atoms with van der Waals surface area (Å²) in [4.78, 5) is 0. The predicted molar refractivity (Wildman–Crippen MR) is 99.8 cm³/mol. The van der Waals surface area contributed by atoms with Gasteiger partial charge in [0.05, 0.1) is 6.04 Å². The number of rotatable bonds is 4. The molecule has 0 radical (unpaired) electrons. The van der Waals surface area contributed by atoms with Crippen molar-refractivity contribution < 1.29 is 4.42 Å². The van der Waals surface area contributed by atoms with Crippen molar-refractivity contribution in [3.8, 4) is 0 Å². The fourth-order valence-electron chi connectivity index (χ4n) is 2.47. The van der Waals surface area contributed by atoms with Gasteiger partial charge in [-0.3, -0.25) is 0 Å². The van der Waals surface area contributed by atoms with Crippen molar-refractivity contribution in [3.05, 3.63) is 65.9 Å². The van der Waals surface area contributed by atoms with E-state index in [4.69, 9.17) is 16.6 Å². The minimum atomic E-state index is -0.00249. The van der Waals surface area contributed by atoms with E-state index in [0.717, 1.165) is 28.8 Å². The first-order valence-corrected chi connectivity index (χ1v) is 8.21. The second-order valence-electron chi connectivity index (χ2n) is 5.56. The topological polar surface area (TPSA) is 37.2 Å². The Morgan fingerprint density at radius 3 is 2.57 bits per heavy atom. The number of fused-ring (bicyclic) bond motifs is 1. The van der Waals surface area contributed by atoms with Gasteiger partial charge in [0.25, 0.3) is 0 Å². The van der Waals surface area contributed by atoms with Crippen LogP contribution < -0.4 is 10.6 Å². The Hall–Kier alpha value is -2.33. The number of thiocarbonyl (C=S) groups is 1. The lowest BCUT2D eigenvalue weighted by Crippen LogP contribution is -2.30. The Balaban J connectivity index is 1.64. The molecular weight excluding hydrogens is 304 g/mol. The largest absolute Gasteiger partial charge is 0.459 e. The first kappa shape index (κ1) is 15.6. The summed E-state index contributed by atoms with van der Waals surface area (Å²) in [7, 11) is 0. The van der Waals surface area contributed by atoms with Crippen LogP contribution in [0.25, 0.3) is 11.0 Å². The first-order valence-electron chi connectivity index (χ1n) is 7.80. The van der Waals surface area contributed by atoms with Gasteiger partial charge in [0, 0.05) is 11.1 Å². The molecule has 0 aliphatic rings. The highest BCUT2D eigenvalue weighted by atomic mass is 32.1. The van der Waals surface area contributed by atoms with Gasteiger partial charge in [-0.1, -0.05) is 37.3 Å². The predicted octanol–water partition coefficient (Wildman–Crippen LogP) is 5.04. The zero-order chi connectivity index (χ0) is 16.2. The van der Waals surface area contributed by atoms with Gasteiger partial charge in [0.1, 0.15) is 11.3 Å². The summed E-state index contributed by atoms with van der Waals surface area (Å²) in [6.45, 7) is 4.18. The van der Waals surface area contributed by atoms with Crippen LogP contribution in [0.15, 0.2) is 59.0 Å². The summed E-state index contributed by atoms with van der Waals surface area (Å²) in [5, 5.41) is 8.15. The van der Waals surface area contributed by atoms with E-state index in [2.05, 4.69) is 29.7 Å². The van der Waals surface area contributed by atoms with Gasteiger partial charge in [-0.05, 0) is 55.4 Å². The number of para-hydroxylation sites is 1. The maximum Gasteiger partial charge on any atom is 0.171 e. The Kier molecular flexibility index (Phi) is 4.63. The molecule has 0 unspecified atom stereocenters. The lowest BCUT2D eigenvalue weighted by atomic mass is 10.1. The van der Waals surface area contributed by atoms with E-state index in [1.54, 1.807) is 0 Å². The molecule has 0 spiro atoms. The van der Waals surface area contributed by atoms with Crippen molar-refractivity contribution in [3.63, 3.8) is 0 Å². The smallest absolute Gasteiger partial charge is 0.171 e. The third-order valence-electron chi connectivity index (χ3n) is 3.84. The molecule has 3 nitrogen and oxygen atoms in total. The molecule has 0 saturated heterocycles. The summed E-state index contributed by atoms with van der Waals surface area (Å²) in [5.41, 5.74) is 3.19. The summed E-state index contributed by atoms with van der Waals surface area (Å²) >= 11 is 5.39. The quantitative estimate of drug-likeness (QED) is 0.659. The van der Waals surface area contributed by atoms with Crippen LogP contribution in [0.4, 0.5) is 5.69 Å². The molecule has 2 aromatic carbocycles. The van der Waals surface area contributed by atoms with Crippen LogP contribution in [0.1, 0.15) is 31.2 Å². The first-order chi connectivity index (χ1) is 11.2. The van der Waals surface area contributed by atoms with Crippen molar-refractivity contribution in [1.82, 2.24) is 5.32 Å². The van der Waals surface area contributed by atoms with Gasteiger partial charge in [-0.25, -0.2) is 0 Å². The number of furan rings is 1. The number of hydrogen-bond donors (Lipinski definition) is 2. The average Bonchev–Trinajstić information content (AvgIpc) is 2.99. The van der Waals surface area contributed by atoms with E-state index >= 15 is 0 Å². The lowest BCUT2D eigenvalue weighted by molar-refractivity contribution is 0.493. The molecule has 4 heteroatoms. The fourth-order valence-corrected chi connectivity index (χ4v) is 2.77. The van der Waals surface area contributed by atoms with Crippen LogP contribution in [0.3, 0.4) is 0 Å². The number of aryl methyl sites for hydroxylation is 1. The second-order valence-corrected chi connectivity index (χ2v) is 5.97. The molecule has 1 atom stereocenters. The SMILES string of the molecule is CCc1ccc(NC(=S)N[C@H](C)c2cc3ccccc3o2)cc1. The van der Waals surface area contributed by atoms with Gasteiger partial charge in [0.2, 0.25) is 0 Å². The van der Waals surface area contributed by atoms with Crippen molar-refractivity contribution in [2.75, 3.05) is 5.32 Å². The third kappa shape index (κ3) is 3.71. The molecule has 2 N–H and O–H groups in total. The number of hydrogen-bond acceptors (Lipinski definition) is 2. The molecule has 118 valence electrons. The minimum absolute atomic E-state index is 0.00249. The van der Waals surface area contributed by atoms with E-state index in [0.29, 0.717) is 5.11 Å². The molecule has 0 fully saturated rings. The van der Waals surface area contributed by atoms with E-state index in [-0.39, 0.29) is 6.04 Å². The average molecular weight is 324 g/mol. The standard InChI is InChI=1S/C19H20N2OS/c1-3-14-8-10-16(11-9-14)21-19(23)20-13(2)18-12-15-6-4-5-7-17(15)22-18/h4-13H,3H2,1-2H3,(H2,20,21,23)/t13-/m1/s1. The van der Waals surface area contributed by atoms with Gasteiger partial charge in [0.15, 0.2) is 5.11 Å². The zero-order valence-corrected chi connectivity index (χ0v) is 14.1. The Bertz CT molecular complexity index is 775. The fraction of sp³-hybridized carbons (Fsp3) is 0.211.